The third-order valence-electron chi connectivity index (χ3n) is 2.03. The van der Waals surface area contributed by atoms with Gasteiger partial charge in [-0.3, -0.25) is 5.73 Å². The highest BCUT2D eigenvalue weighted by molar-refractivity contribution is 7.09. The zero-order valence-corrected chi connectivity index (χ0v) is 9.02. The van der Waals surface area contributed by atoms with Crippen LogP contribution in [-0.4, -0.2) is 6.23 Å². The molecule has 1 atom stereocenters. The van der Waals surface area contributed by atoms with Gasteiger partial charge in [0.25, 0.3) is 0 Å². The van der Waals surface area contributed by atoms with Crippen molar-refractivity contribution in [3.63, 3.8) is 0 Å². The molecule has 0 radical (unpaired) electrons. The standard InChI is InChI=1S/C10H10ClNOS/c11-9-3-4-13-10(12)8(9)6-7-2-1-5-14-7/h1-5,10H,6,12H2. The Labute approximate surface area is 91.6 Å². The smallest absolute Gasteiger partial charge is 0.171 e. The molecule has 14 heavy (non-hydrogen) atoms. The summed E-state index contributed by atoms with van der Waals surface area (Å²) in [4.78, 5) is 1.24. The van der Waals surface area contributed by atoms with E-state index in [-0.39, 0.29) is 0 Å². The van der Waals surface area contributed by atoms with E-state index in [2.05, 4.69) is 6.07 Å². The first-order chi connectivity index (χ1) is 6.77. The van der Waals surface area contributed by atoms with Crippen LogP contribution < -0.4 is 5.73 Å². The summed E-state index contributed by atoms with van der Waals surface area (Å²) < 4.78 is 5.17. The zero-order valence-electron chi connectivity index (χ0n) is 7.44. The monoisotopic (exact) mass is 227 g/mol. The molecule has 0 amide bonds. The molecule has 2 heterocycles. The van der Waals surface area contributed by atoms with Gasteiger partial charge >= 0.3 is 0 Å². The SMILES string of the molecule is NC1OC=CC(Cl)=C1Cc1cccs1. The third-order valence-corrected chi connectivity index (χ3v) is 3.28. The predicted octanol–water partition coefficient (Wildman–Crippen LogP) is 2.61. The molecule has 0 spiro atoms. The zero-order chi connectivity index (χ0) is 9.97. The number of ether oxygens (including phenoxy) is 1. The number of nitrogens with two attached hydrogens (primary N) is 1. The molecule has 0 saturated heterocycles. The first kappa shape index (κ1) is 9.77. The molecule has 2 nitrogen and oxygen atoms in total. The predicted molar refractivity (Wildman–Crippen MR) is 59.1 cm³/mol. The molecule has 1 aliphatic rings. The molecule has 0 fully saturated rings. The van der Waals surface area contributed by atoms with E-state index in [1.807, 2.05) is 11.4 Å². The first-order valence-corrected chi connectivity index (χ1v) is 5.51. The molecule has 74 valence electrons. The molecule has 1 aromatic rings. The second-order valence-electron chi connectivity index (χ2n) is 2.99. The van der Waals surface area contributed by atoms with Gasteiger partial charge in [0, 0.05) is 21.9 Å². The Morgan fingerprint density at radius 3 is 3.07 bits per heavy atom. The second-order valence-corrected chi connectivity index (χ2v) is 4.43. The molecule has 0 aliphatic carbocycles. The summed E-state index contributed by atoms with van der Waals surface area (Å²) in [5.41, 5.74) is 6.72. The van der Waals surface area contributed by atoms with Gasteiger partial charge in [-0.1, -0.05) is 17.7 Å². The summed E-state index contributed by atoms with van der Waals surface area (Å²) in [6.07, 6.45) is 3.62. The quantitative estimate of drug-likeness (QED) is 0.843. The Kier molecular flexibility index (Phi) is 2.91. The fourth-order valence-electron chi connectivity index (χ4n) is 1.29. The highest BCUT2D eigenvalue weighted by Crippen LogP contribution is 2.24. The Morgan fingerprint density at radius 2 is 2.43 bits per heavy atom. The molecule has 1 unspecified atom stereocenters. The minimum atomic E-state index is -0.408. The van der Waals surface area contributed by atoms with Crippen LogP contribution in [0.1, 0.15) is 4.88 Å². The van der Waals surface area contributed by atoms with Gasteiger partial charge in [0.15, 0.2) is 6.23 Å². The lowest BCUT2D eigenvalue weighted by Crippen LogP contribution is -2.27. The summed E-state index contributed by atoms with van der Waals surface area (Å²) in [6.45, 7) is 0. The van der Waals surface area contributed by atoms with E-state index >= 15 is 0 Å². The minimum absolute atomic E-state index is 0.408. The van der Waals surface area contributed by atoms with E-state index in [4.69, 9.17) is 22.1 Å². The van der Waals surface area contributed by atoms with E-state index in [0.717, 1.165) is 12.0 Å². The van der Waals surface area contributed by atoms with E-state index in [0.29, 0.717) is 5.03 Å². The van der Waals surface area contributed by atoms with Crippen molar-refractivity contribution in [3.05, 3.63) is 45.3 Å². The third kappa shape index (κ3) is 2.00. The summed E-state index contributed by atoms with van der Waals surface area (Å²) in [7, 11) is 0. The lowest BCUT2D eigenvalue weighted by atomic mass is 10.1. The van der Waals surface area contributed by atoms with Crippen LogP contribution in [0.4, 0.5) is 0 Å². The molecular formula is C10H10ClNOS. The maximum atomic E-state index is 6.03. The van der Waals surface area contributed by atoms with Crippen molar-refractivity contribution < 1.29 is 4.74 Å². The van der Waals surface area contributed by atoms with Gasteiger partial charge in [0.05, 0.1) is 6.26 Å². The van der Waals surface area contributed by atoms with Crippen LogP contribution in [0.15, 0.2) is 40.5 Å². The van der Waals surface area contributed by atoms with Gasteiger partial charge < -0.3 is 4.74 Å². The van der Waals surface area contributed by atoms with Crippen LogP contribution in [-0.2, 0) is 11.2 Å². The first-order valence-electron chi connectivity index (χ1n) is 4.26. The number of halogens is 1. The van der Waals surface area contributed by atoms with Crippen LogP contribution in [0.5, 0.6) is 0 Å². The number of hydrogen-bond acceptors (Lipinski definition) is 3. The highest BCUT2D eigenvalue weighted by atomic mass is 35.5. The van der Waals surface area contributed by atoms with Gasteiger partial charge in [-0.25, -0.2) is 0 Å². The van der Waals surface area contributed by atoms with Gasteiger partial charge in [0.1, 0.15) is 0 Å². The highest BCUT2D eigenvalue weighted by Gasteiger charge is 2.17. The summed E-state index contributed by atoms with van der Waals surface area (Å²) in [5, 5.41) is 2.73. The Morgan fingerprint density at radius 1 is 1.57 bits per heavy atom. The lowest BCUT2D eigenvalue weighted by molar-refractivity contribution is 0.175. The molecule has 2 rings (SSSR count). The van der Waals surface area contributed by atoms with Gasteiger partial charge in [0.2, 0.25) is 0 Å². The molecule has 2 N–H and O–H groups in total. The van der Waals surface area contributed by atoms with Crippen LogP contribution in [0.2, 0.25) is 0 Å². The number of rotatable bonds is 2. The van der Waals surface area contributed by atoms with E-state index in [9.17, 15) is 0 Å². The van der Waals surface area contributed by atoms with Crippen LogP contribution >= 0.6 is 22.9 Å². The molecule has 1 aliphatic heterocycles. The molecular weight excluding hydrogens is 218 g/mol. The largest absolute Gasteiger partial charge is 0.479 e. The van der Waals surface area contributed by atoms with Crippen LogP contribution in [0.3, 0.4) is 0 Å². The van der Waals surface area contributed by atoms with Gasteiger partial charge in [-0.15, -0.1) is 11.3 Å². The summed E-state index contributed by atoms with van der Waals surface area (Å²) >= 11 is 7.72. The van der Waals surface area contributed by atoms with Gasteiger partial charge in [-0.05, 0) is 17.5 Å². The molecule has 0 aromatic carbocycles. The maximum Gasteiger partial charge on any atom is 0.171 e. The molecule has 0 bridgehead atoms. The average Bonchev–Trinajstić information content (AvgIpc) is 2.64. The lowest BCUT2D eigenvalue weighted by Gasteiger charge is -2.19. The number of hydrogen-bond donors (Lipinski definition) is 1. The summed E-state index contributed by atoms with van der Waals surface area (Å²) in [5.74, 6) is 0. The Bertz CT molecular complexity index is 369. The van der Waals surface area contributed by atoms with E-state index in [1.165, 1.54) is 11.1 Å². The Hall–Kier alpha value is -0.770. The average molecular weight is 228 g/mol. The fourth-order valence-corrected chi connectivity index (χ4v) is 2.25. The number of thiophene rings is 1. The topological polar surface area (TPSA) is 35.2 Å². The van der Waals surface area contributed by atoms with Crippen LogP contribution in [0.25, 0.3) is 0 Å². The van der Waals surface area contributed by atoms with Crippen molar-refractivity contribution in [3.8, 4) is 0 Å². The molecule has 1 aromatic heterocycles. The Balaban J connectivity index is 2.20. The van der Waals surface area contributed by atoms with Crippen molar-refractivity contribution >= 4 is 22.9 Å². The normalized spacial score (nSPS) is 21.1. The number of allylic oxidation sites excluding steroid dienone is 2. The molecule has 4 heteroatoms. The van der Waals surface area contributed by atoms with Crippen molar-refractivity contribution in [1.82, 2.24) is 0 Å². The second kappa shape index (κ2) is 4.17. The van der Waals surface area contributed by atoms with E-state index in [1.54, 1.807) is 17.4 Å². The fraction of sp³-hybridized carbons (Fsp3) is 0.200. The minimum Gasteiger partial charge on any atom is -0.479 e. The van der Waals surface area contributed by atoms with Crippen molar-refractivity contribution in [1.29, 1.82) is 0 Å². The van der Waals surface area contributed by atoms with Crippen LogP contribution in [0, 0.1) is 0 Å². The van der Waals surface area contributed by atoms with Crippen molar-refractivity contribution in [2.24, 2.45) is 5.73 Å². The summed E-state index contributed by atoms with van der Waals surface area (Å²) in [6, 6.07) is 4.08. The van der Waals surface area contributed by atoms with Gasteiger partial charge in [-0.2, -0.15) is 0 Å². The van der Waals surface area contributed by atoms with Crippen molar-refractivity contribution in [2.75, 3.05) is 0 Å². The maximum absolute atomic E-state index is 6.03. The van der Waals surface area contributed by atoms with E-state index < -0.39 is 6.23 Å². The van der Waals surface area contributed by atoms with Crippen molar-refractivity contribution in [2.45, 2.75) is 12.6 Å². The molecule has 0 saturated carbocycles.